The molecule has 0 saturated heterocycles. The Balaban J connectivity index is 2.60. The Morgan fingerprint density at radius 2 is 1.55 bits per heavy atom. The molecule has 110 valence electrons. The molecule has 0 aromatic heterocycles. The van der Waals surface area contributed by atoms with Crippen molar-refractivity contribution in [2.75, 3.05) is 10.6 Å². The lowest BCUT2D eigenvalue weighted by atomic mass is 10.2. The van der Waals surface area contributed by atoms with Crippen LogP contribution in [0.5, 0.6) is 0 Å². The number of nitrogens with one attached hydrogen (secondary N) is 2. The molecule has 1 aromatic rings. The number of alkyl halides is 3. The van der Waals surface area contributed by atoms with Crippen LogP contribution in [0.15, 0.2) is 24.3 Å². The second kappa shape index (κ2) is 6.65. The maximum Gasteiger partial charge on any atom is 0.442 e. The minimum absolute atomic E-state index is 0.239. The summed E-state index contributed by atoms with van der Waals surface area (Å²) in [5, 5.41) is 3.66. The maximum atomic E-state index is 12.1. The third-order valence-electron chi connectivity index (χ3n) is 2.15. The van der Waals surface area contributed by atoms with E-state index in [2.05, 4.69) is 10.6 Å². The van der Waals surface area contributed by atoms with Crippen molar-refractivity contribution in [2.24, 2.45) is 0 Å². The average molecular weight is 306 g/mol. The molecule has 0 unspecified atom stereocenters. The van der Waals surface area contributed by atoms with Gasteiger partial charge in [0.1, 0.15) is 0 Å². The first-order chi connectivity index (χ1) is 9.17. The largest absolute Gasteiger partial charge is 0.442 e. The number of hydrogen-bond acceptors (Lipinski definition) is 3. The first-order valence-electron chi connectivity index (χ1n) is 5.60. The zero-order valence-corrected chi connectivity index (χ0v) is 11.6. The number of thioether (sulfide) groups is 1. The van der Waals surface area contributed by atoms with Gasteiger partial charge in [-0.15, -0.1) is 0 Å². The molecule has 20 heavy (non-hydrogen) atoms. The van der Waals surface area contributed by atoms with E-state index in [1.165, 1.54) is 26.0 Å². The topological polar surface area (TPSA) is 58.2 Å². The van der Waals surface area contributed by atoms with Crippen LogP contribution in [0.25, 0.3) is 0 Å². The molecule has 0 fully saturated rings. The molecule has 8 heteroatoms. The van der Waals surface area contributed by atoms with Gasteiger partial charge in [0.25, 0.3) is 0 Å². The highest BCUT2D eigenvalue weighted by atomic mass is 32.2. The molecule has 4 nitrogen and oxygen atoms in total. The Labute approximate surface area is 118 Å². The van der Waals surface area contributed by atoms with Gasteiger partial charge in [0.05, 0.1) is 5.25 Å². The average Bonchev–Trinajstić information content (AvgIpc) is 2.28. The van der Waals surface area contributed by atoms with Crippen molar-refractivity contribution < 1.29 is 22.8 Å². The molecule has 0 aliphatic heterocycles. The van der Waals surface area contributed by atoms with Crippen LogP contribution < -0.4 is 10.6 Å². The number of halogens is 3. The van der Waals surface area contributed by atoms with E-state index in [1.54, 1.807) is 12.1 Å². The van der Waals surface area contributed by atoms with Crippen molar-refractivity contribution in [1.82, 2.24) is 0 Å². The van der Waals surface area contributed by atoms with Crippen molar-refractivity contribution >= 4 is 35.0 Å². The highest BCUT2D eigenvalue weighted by molar-refractivity contribution is 8.01. The zero-order valence-electron chi connectivity index (χ0n) is 10.7. The van der Waals surface area contributed by atoms with Crippen molar-refractivity contribution in [3.05, 3.63) is 24.3 Å². The van der Waals surface area contributed by atoms with Crippen molar-refractivity contribution in [2.45, 2.75) is 24.6 Å². The lowest BCUT2D eigenvalue weighted by Crippen LogP contribution is -2.25. The minimum Gasteiger partial charge on any atom is -0.326 e. The summed E-state index contributed by atoms with van der Waals surface area (Å²) in [5.41, 5.74) is -3.56. The molecule has 0 radical (unpaired) electrons. The summed E-state index contributed by atoms with van der Waals surface area (Å²) >= 11 is -0.373. The van der Waals surface area contributed by atoms with E-state index in [-0.39, 0.29) is 17.7 Å². The summed E-state index contributed by atoms with van der Waals surface area (Å²) < 4.78 is 36.4. The number of rotatable bonds is 4. The molecule has 2 N–H and O–H groups in total. The van der Waals surface area contributed by atoms with Gasteiger partial charge in [-0.25, -0.2) is 0 Å². The van der Waals surface area contributed by atoms with Gasteiger partial charge in [-0.3, -0.25) is 9.59 Å². The third-order valence-corrected chi connectivity index (χ3v) is 2.99. The number of hydrogen-bond donors (Lipinski definition) is 2. The number of amides is 2. The molecule has 0 aliphatic rings. The van der Waals surface area contributed by atoms with Crippen LogP contribution in [0.3, 0.4) is 0 Å². The number of carbonyl (C=O) groups is 2. The van der Waals surface area contributed by atoms with Crippen LogP contribution in [0.1, 0.15) is 13.8 Å². The number of benzene rings is 1. The smallest absolute Gasteiger partial charge is 0.326 e. The summed E-state index contributed by atoms with van der Waals surface area (Å²) in [7, 11) is 0. The quantitative estimate of drug-likeness (QED) is 0.898. The van der Waals surface area contributed by atoms with E-state index in [0.29, 0.717) is 11.4 Å². The number of anilines is 2. The van der Waals surface area contributed by atoms with Crippen LogP contribution in [-0.2, 0) is 9.59 Å². The van der Waals surface area contributed by atoms with Crippen LogP contribution in [0, 0.1) is 0 Å². The maximum absolute atomic E-state index is 12.1. The number of carbonyl (C=O) groups excluding carboxylic acids is 2. The van der Waals surface area contributed by atoms with Crippen molar-refractivity contribution in [3.8, 4) is 0 Å². The second-order valence-electron chi connectivity index (χ2n) is 3.95. The SMILES string of the molecule is CC(=O)Nc1ccc(NC(=O)[C@H](C)SC(F)(F)F)cc1. The standard InChI is InChI=1S/C12H13F3N2O2S/c1-7(20-12(13,14)15)11(19)17-10-5-3-9(4-6-10)16-8(2)18/h3-7H,1-2H3,(H,16,18)(H,17,19)/t7-/m0/s1. The van der Waals surface area contributed by atoms with Gasteiger partial charge < -0.3 is 10.6 Å². The normalized spacial score (nSPS) is 12.7. The second-order valence-corrected chi connectivity index (χ2v) is 5.36. The molecule has 2 amide bonds. The van der Waals surface area contributed by atoms with Crippen LogP contribution in [0.4, 0.5) is 24.5 Å². The first kappa shape index (κ1) is 16.4. The molecule has 0 aliphatic carbocycles. The van der Waals surface area contributed by atoms with Gasteiger partial charge in [-0.05, 0) is 43.0 Å². The van der Waals surface area contributed by atoms with Gasteiger partial charge in [0.2, 0.25) is 11.8 Å². The van der Waals surface area contributed by atoms with Crippen molar-refractivity contribution in [1.29, 1.82) is 0 Å². The highest BCUT2D eigenvalue weighted by Crippen LogP contribution is 2.34. The van der Waals surface area contributed by atoms with Crippen LogP contribution in [0.2, 0.25) is 0 Å². The van der Waals surface area contributed by atoms with Crippen LogP contribution in [-0.4, -0.2) is 22.6 Å². The van der Waals surface area contributed by atoms with E-state index in [4.69, 9.17) is 0 Å². The molecule has 0 saturated carbocycles. The fourth-order valence-corrected chi connectivity index (χ4v) is 1.90. The van der Waals surface area contributed by atoms with Gasteiger partial charge in [0, 0.05) is 18.3 Å². The van der Waals surface area contributed by atoms with E-state index < -0.39 is 16.7 Å². The van der Waals surface area contributed by atoms with E-state index in [9.17, 15) is 22.8 Å². The van der Waals surface area contributed by atoms with Crippen LogP contribution >= 0.6 is 11.8 Å². The lowest BCUT2D eigenvalue weighted by molar-refractivity contribution is -0.116. The minimum atomic E-state index is -4.45. The van der Waals surface area contributed by atoms with Gasteiger partial charge in [0.15, 0.2) is 0 Å². The lowest BCUT2D eigenvalue weighted by Gasteiger charge is -2.13. The predicted molar refractivity (Wildman–Crippen MR) is 72.5 cm³/mol. The molecule has 0 bridgehead atoms. The molecule has 1 atom stereocenters. The van der Waals surface area contributed by atoms with Gasteiger partial charge in [-0.2, -0.15) is 13.2 Å². The highest BCUT2D eigenvalue weighted by Gasteiger charge is 2.34. The Bertz CT molecular complexity index is 488. The van der Waals surface area contributed by atoms with E-state index >= 15 is 0 Å². The molecule has 0 heterocycles. The third kappa shape index (κ3) is 5.96. The van der Waals surface area contributed by atoms with E-state index in [1.807, 2.05) is 0 Å². The molecule has 1 aromatic carbocycles. The fraction of sp³-hybridized carbons (Fsp3) is 0.333. The monoisotopic (exact) mass is 306 g/mol. The first-order valence-corrected chi connectivity index (χ1v) is 6.48. The summed E-state index contributed by atoms with van der Waals surface area (Å²) in [4.78, 5) is 22.4. The molecule has 0 spiro atoms. The Kier molecular flexibility index (Phi) is 5.43. The molecular formula is C12H13F3N2O2S. The fourth-order valence-electron chi connectivity index (χ4n) is 1.34. The predicted octanol–water partition coefficient (Wildman–Crippen LogP) is 3.23. The summed E-state index contributed by atoms with van der Waals surface area (Å²) in [6.45, 7) is 2.53. The molecular weight excluding hydrogens is 293 g/mol. The summed E-state index contributed by atoms with van der Waals surface area (Å²) in [6.07, 6.45) is 0. The summed E-state index contributed by atoms with van der Waals surface area (Å²) in [5.74, 6) is -0.975. The van der Waals surface area contributed by atoms with Gasteiger partial charge in [-0.1, -0.05) is 0 Å². The van der Waals surface area contributed by atoms with Gasteiger partial charge >= 0.3 is 5.51 Å². The van der Waals surface area contributed by atoms with Crippen molar-refractivity contribution in [3.63, 3.8) is 0 Å². The molecule has 1 rings (SSSR count). The Hall–Kier alpha value is -1.70. The Morgan fingerprint density at radius 3 is 1.95 bits per heavy atom. The van der Waals surface area contributed by atoms with E-state index in [0.717, 1.165) is 0 Å². The Morgan fingerprint density at radius 1 is 1.10 bits per heavy atom. The summed E-state index contributed by atoms with van der Waals surface area (Å²) in [6, 6.07) is 6.07. The zero-order chi connectivity index (χ0) is 15.3.